The minimum Gasteiger partial charge on any atom is -0.296 e. The second kappa shape index (κ2) is 7.23. The SMILES string of the molecule is CCn1cc(CN2CCN(S(=O)(=O)c3ccc(F)c(C)c3)CC2)cn1. The van der Waals surface area contributed by atoms with Gasteiger partial charge in [-0.1, -0.05) is 0 Å². The molecule has 0 saturated carbocycles. The Bertz CT molecular complexity index is 842. The first-order valence-corrected chi connectivity index (χ1v) is 9.84. The highest BCUT2D eigenvalue weighted by Crippen LogP contribution is 2.20. The van der Waals surface area contributed by atoms with E-state index < -0.39 is 15.8 Å². The third-order valence-electron chi connectivity index (χ3n) is 4.52. The van der Waals surface area contributed by atoms with Gasteiger partial charge in [-0.15, -0.1) is 0 Å². The van der Waals surface area contributed by atoms with Crippen LogP contribution in [0.2, 0.25) is 0 Å². The van der Waals surface area contributed by atoms with Crippen LogP contribution in [-0.2, 0) is 23.1 Å². The molecule has 1 aromatic heterocycles. The summed E-state index contributed by atoms with van der Waals surface area (Å²) in [7, 11) is -3.57. The highest BCUT2D eigenvalue weighted by atomic mass is 32.2. The van der Waals surface area contributed by atoms with Gasteiger partial charge in [0.2, 0.25) is 10.0 Å². The van der Waals surface area contributed by atoms with Crippen LogP contribution < -0.4 is 0 Å². The van der Waals surface area contributed by atoms with Gasteiger partial charge >= 0.3 is 0 Å². The topological polar surface area (TPSA) is 58.4 Å². The van der Waals surface area contributed by atoms with Crippen molar-refractivity contribution >= 4 is 10.0 Å². The number of rotatable bonds is 5. The van der Waals surface area contributed by atoms with Crippen molar-refractivity contribution in [3.8, 4) is 0 Å². The second-order valence-corrected chi connectivity index (χ2v) is 8.23. The standard InChI is InChI=1S/C17H23FN4O2S/c1-3-21-13-15(11-19-21)12-20-6-8-22(9-7-20)25(23,24)16-4-5-17(18)14(2)10-16/h4-5,10-11,13H,3,6-9,12H2,1-2H3. The van der Waals surface area contributed by atoms with Gasteiger partial charge in [-0.25, -0.2) is 12.8 Å². The van der Waals surface area contributed by atoms with E-state index in [2.05, 4.69) is 10.00 Å². The number of nitrogens with zero attached hydrogens (tertiary/aromatic N) is 4. The zero-order chi connectivity index (χ0) is 18.0. The Morgan fingerprint density at radius 3 is 2.52 bits per heavy atom. The molecule has 2 aromatic rings. The van der Waals surface area contributed by atoms with Gasteiger partial charge in [0.1, 0.15) is 5.82 Å². The molecule has 0 N–H and O–H groups in total. The minimum absolute atomic E-state index is 0.157. The lowest BCUT2D eigenvalue weighted by Gasteiger charge is -2.33. The average molecular weight is 366 g/mol. The highest BCUT2D eigenvalue weighted by molar-refractivity contribution is 7.89. The number of piperazine rings is 1. The molecule has 0 radical (unpaired) electrons. The van der Waals surface area contributed by atoms with Crippen molar-refractivity contribution in [2.24, 2.45) is 0 Å². The van der Waals surface area contributed by atoms with Crippen molar-refractivity contribution in [1.29, 1.82) is 0 Å². The lowest BCUT2D eigenvalue weighted by Crippen LogP contribution is -2.48. The summed E-state index contributed by atoms with van der Waals surface area (Å²) >= 11 is 0. The van der Waals surface area contributed by atoms with Gasteiger partial charge in [0.25, 0.3) is 0 Å². The van der Waals surface area contributed by atoms with E-state index in [1.165, 1.54) is 22.5 Å². The summed E-state index contributed by atoms with van der Waals surface area (Å²) in [5.41, 5.74) is 1.47. The Labute approximate surface area is 147 Å². The molecule has 8 heteroatoms. The lowest BCUT2D eigenvalue weighted by molar-refractivity contribution is 0.181. The van der Waals surface area contributed by atoms with Gasteiger partial charge in [0, 0.05) is 51.0 Å². The van der Waals surface area contributed by atoms with Gasteiger partial charge < -0.3 is 0 Å². The van der Waals surface area contributed by atoms with E-state index in [1.54, 1.807) is 6.92 Å². The Balaban J connectivity index is 1.63. The first-order chi connectivity index (χ1) is 11.9. The van der Waals surface area contributed by atoms with Crippen LogP contribution in [-0.4, -0.2) is 53.6 Å². The summed E-state index contributed by atoms with van der Waals surface area (Å²) in [6.07, 6.45) is 3.87. The summed E-state index contributed by atoms with van der Waals surface area (Å²) in [4.78, 5) is 2.38. The lowest BCUT2D eigenvalue weighted by atomic mass is 10.2. The molecule has 1 aliphatic heterocycles. The molecule has 1 aromatic carbocycles. The van der Waals surface area contributed by atoms with E-state index in [0.717, 1.165) is 18.7 Å². The van der Waals surface area contributed by atoms with E-state index in [1.807, 2.05) is 24.0 Å². The van der Waals surface area contributed by atoms with Crippen molar-refractivity contribution in [2.45, 2.75) is 31.8 Å². The Morgan fingerprint density at radius 2 is 1.92 bits per heavy atom. The van der Waals surface area contributed by atoms with Gasteiger partial charge in [0.15, 0.2) is 0 Å². The summed E-state index contributed by atoms with van der Waals surface area (Å²) < 4.78 is 42.2. The summed E-state index contributed by atoms with van der Waals surface area (Å²) in [6.45, 7) is 7.40. The molecule has 1 saturated heterocycles. The molecule has 0 atom stereocenters. The van der Waals surface area contributed by atoms with E-state index >= 15 is 0 Å². The van der Waals surface area contributed by atoms with Crippen LogP contribution in [0.15, 0.2) is 35.5 Å². The number of aryl methyl sites for hydroxylation is 2. The molecule has 1 aliphatic rings. The molecule has 0 amide bonds. The van der Waals surface area contributed by atoms with E-state index in [4.69, 9.17) is 0 Å². The monoisotopic (exact) mass is 366 g/mol. The van der Waals surface area contributed by atoms with Crippen molar-refractivity contribution in [2.75, 3.05) is 26.2 Å². The molecule has 3 rings (SSSR count). The Hall–Kier alpha value is -1.77. The smallest absolute Gasteiger partial charge is 0.243 e. The Morgan fingerprint density at radius 1 is 1.20 bits per heavy atom. The molecule has 0 bridgehead atoms. The molecule has 0 unspecified atom stereocenters. The fraction of sp³-hybridized carbons (Fsp3) is 0.471. The fourth-order valence-corrected chi connectivity index (χ4v) is 4.48. The molecule has 1 fully saturated rings. The molecule has 0 spiro atoms. The predicted molar refractivity (Wildman–Crippen MR) is 93.1 cm³/mol. The molecule has 25 heavy (non-hydrogen) atoms. The average Bonchev–Trinajstić information content (AvgIpc) is 3.05. The van der Waals surface area contributed by atoms with Gasteiger partial charge in [-0.05, 0) is 37.6 Å². The molecule has 0 aliphatic carbocycles. The number of benzene rings is 1. The maximum Gasteiger partial charge on any atom is 0.243 e. The van der Waals surface area contributed by atoms with E-state index in [9.17, 15) is 12.8 Å². The van der Waals surface area contributed by atoms with Crippen LogP contribution in [0.3, 0.4) is 0 Å². The summed E-state index contributed by atoms with van der Waals surface area (Å²) in [5.74, 6) is -0.392. The normalized spacial score (nSPS) is 17.1. The number of hydrogen-bond donors (Lipinski definition) is 0. The molecular formula is C17H23FN4O2S. The maximum absolute atomic E-state index is 13.4. The Kier molecular flexibility index (Phi) is 5.21. The number of hydrogen-bond acceptors (Lipinski definition) is 4. The molecule has 136 valence electrons. The number of halogens is 1. The van der Waals surface area contributed by atoms with E-state index in [0.29, 0.717) is 31.7 Å². The zero-order valence-electron chi connectivity index (χ0n) is 14.5. The second-order valence-electron chi connectivity index (χ2n) is 6.30. The van der Waals surface area contributed by atoms with Crippen LogP contribution in [0.25, 0.3) is 0 Å². The van der Waals surface area contributed by atoms with Crippen LogP contribution >= 0.6 is 0 Å². The van der Waals surface area contributed by atoms with Crippen molar-refractivity contribution < 1.29 is 12.8 Å². The van der Waals surface area contributed by atoms with Crippen molar-refractivity contribution in [1.82, 2.24) is 19.0 Å². The quantitative estimate of drug-likeness (QED) is 0.810. The van der Waals surface area contributed by atoms with Crippen molar-refractivity contribution in [3.05, 3.63) is 47.5 Å². The number of sulfonamides is 1. The van der Waals surface area contributed by atoms with Crippen LogP contribution in [0.4, 0.5) is 4.39 Å². The van der Waals surface area contributed by atoms with E-state index in [-0.39, 0.29) is 4.90 Å². The van der Waals surface area contributed by atoms with Gasteiger partial charge in [-0.3, -0.25) is 9.58 Å². The largest absolute Gasteiger partial charge is 0.296 e. The van der Waals surface area contributed by atoms with Crippen LogP contribution in [0.1, 0.15) is 18.1 Å². The predicted octanol–water partition coefficient (Wildman–Crippen LogP) is 1.86. The first kappa shape index (κ1) is 18.0. The fourth-order valence-electron chi connectivity index (χ4n) is 2.97. The number of aromatic nitrogens is 2. The van der Waals surface area contributed by atoms with Crippen LogP contribution in [0, 0.1) is 12.7 Å². The third-order valence-corrected chi connectivity index (χ3v) is 6.41. The third kappa shape index (κ3) is 3.91. The van der Waals surface area contributed by atoms with Crippen LogP contribution in [0.5, 0.6) is 0 Å². The maximum atomic E-state index is 13.4. The van der Waals surface area contributed by atoms with Gasteiger partial charge in [0.05, 0.1) is 11.1 Å². The summed E-state index contributed by atoms with van der Waals surface area (Å²) in [6, 6.07) is 3.95. The molecular weight excluding hydrogens is 343 g/mol. The molecule has 2 heterocycles. The highest BCUT2D eigenvalue weighted by Gasteiger charge is 2.28. The van der Waals surface area contributed by atoms with Crippen molar-refractivity contribution in [3.63, 3.8) is 0 Å². The summed E-state index contributed by atoms with van der Waals surface area (Å²) in [5, 5.41) is 4.26. The molecule has 6 nitrogen and oxygen atoms in total. The minimum atomic E-state index is -3.57. The van der Waals surface area contributed by atoms with Gasteiger partial charge in [-0.2, -0.15) is 9.40 Å². The zero-order valence-corrected chi connectivity index (χ0v) is 15.3. The first-order valence-electron chi connectivity index (χ1n) is 8.40.